The highest BCUT2D eigenvalue weighted by Gasteiger charge is 2.22. The molecule has 8 heteroatoms. The predicted octanol–water partition coefficient (Wildman–Crippen LogP) is 1.79. The minimum Gasteiger partial charge on any atom is -0.322 e. The maximum Gasteiger partial charge on any atom is 0.307 e. The molecule has 0 bridgehead atoms. The Hall–Kier alpha value is -2.09. The van der Waals surface area contributed by atoms with E-state index in [0.717, 1.165) is 0 Å². The highest BCUT2D eigenvalue weighted by atomic mass is 19.1. The maximum atomic E-state index is 13.4. The van der Waals surface area contributed by atoms with E-state index in [1.54, 1.807) is 13.8 Å². The van der Waals surface area contributed by atoms with E-state index in [4.69, 9.17) is 5.73 Å². The van der Waals surface area contributed by atoms with Gasteiger partial charge in [-0.05, 0) is 5.92 Å². The molecule has 6 nitrogen and oxygen atoms in total. The van der Waals surface area contributed by atoms with Crippen molar-refractivity contribution in [3.8, 4) is 0 Å². The first kappa shape index (κ1) is 15.0. The molecule has 19 heavy (non-hydrogen) atoms. The van der Waals surface area contributed by atoms with Crippen LogP contribution in [0.25, 0.3) is 0 Å². The molecule has 0 saturated heterocycles. The molecular weight excluding hydrogens is 260 g/mol. The number of amides is 1. The molecule has 0 aliphatic rings. The quantitative estimate of drug-likeness (QED) is 0.645. The van der Waals surface area contributed by atoms with Crippen molar-refractivity contribution < 1.29 is 18.5 Å². The lowest BCUT2D eigenvalue weighted by Crippen LogP contribution is -2.39. The molecule has 1 aromatic rings. The Morgan fingerprint density at radius 2 is 1.95 bits per heavy atom. The summed E-state index contributed by atoms with van der Waals surface area (Å²) in [4.78, 5) is 21.1. The van der Waals surface area contributed by atoms with Gasteiger partial charge in [-0.3, -0.25) is 14.9 Å². The molecule has 1 amide bonds. The van der Waals surface area contributed by atoms with E-state index in [1.165, 1.54) is 0 Å². The topological polar surface area (TPSA) is 98.3 Å². The van der Waals surface area contributed by atoms with Gasteiger partial charge in [-0.1, -0.05) is 13.8 Å². The fraction of sp³-hybridized carbons (Fsp3) is 0.364. The summed E-state index contributed by atoms with van der Waals surface area (Å²) in [5, 5.41) is 12.6. The number of halogens is 2. The summed E-state index contributed by atoms with van der Waals surface area (Å²) in [6.07, 6.45) is 0. The second kappa shape index (κ2) is 5.70. The van der Waals surface area contributed by atoms with Gasteiger partial charge in [0.1, 0.15) is 5.82 Å². The number of rotatable bonds is 4. The monoisotopic (exact) mass is 273 g/mol. The van der Waals surface area contributed by atoms with Crippen molar-refractivity contribution in [1.82, 2.24) is 0 Å². The first-order valence-corrected chi connectivity index (χ1v) is 5.44. The van der Waals surface area contributed by atoms with Crippen molar-refractivity contribution in [2.75, 3.05) is 5.32 Å². The van der Waals surface area contributed by atoms with Gasteiger partial charge in [0, 0.05) is 12.1 Å². The second-order valence-electron chi connectivity index (χ2n) is 4.30. The Balaban J connectivity index is 3.05. The largest absolute Gasteiger partial charge is 0.322 e. The zero-order valence-corrected chi connectivity index (χ0v) is 10.3. The van der Waals surface area contributed by atoms with E-state index >= 15 is 0 Å². The zero-order chi connectivity index (χ0) is 14.7. The number of benzene rings is 1. The molecule has 1 rings (SSSR count). The molecule has 0 heterocycles. The normalized spacial score (nSPS) is 12.3. The SMILES string of the molecule is CC(C)[C@@H](N)C(=O)Nc1cc([N+](=O)[O-])c(F)cc1F. The Kier molecular flexibility index (Phi) is 4.49. The van der Waals surface area contributed by atoms with E-state index < -0.39 is 39.9 Å². The summed E-state index contributed by atoms with van der Waals surface area (Å²) in [7, 11) is 0. The number of nitro benzene ring substituents is 1. The third kappa shape index (κ3) is 3.44. The van der Waals surface area contributed by atoms with Crippen LogP contribution in [0.3, 0.4) is 0 Å². The van der Waals surface area contributed by atoms with Gasteiger partial charge in [0.25, 0.3) is 0 Å². The van der Waals surface area contributed by atoms with Crippen molar-refractivity contribution in [2.24, 2.45) is 11.7 Å². The fourth-order valence-corrected chi connectivity index (χ4v) is 1.29. The average Bonchev–Trinajstić information content (AvgIpc) is 2.30. The summed E-state index contributed by atoms with van der Waals surface area (Å²) in [6.45, 7) is 3.38. The van der Waals surface area contributed by atoms with E-state index in [1.807, 2.05) is 0 Å². The van der Waals surface area contributed by atoms with E-state index in [-0.39, 0.29) is 5.92 Å². The average molecular weight is 273 g/mol. The van der Waals surface area contributed by atoms with Gasteiger partial charge >= 0.3 is 5.69 Å². The van der Waals surface area contributed by atoms with Crippen LogP contribution >= 0.6 is 0 Å². The van der Waals surface area contributed by atoms with Crippen LogP contribution in [0.4, 0.5) is 20.2 Å². The summed E-state index contributed by atoms with van der Waals surface area (Å²) >= 11 is 0. The molecule has 104 valence electrons. The molecule has 1 atom stereocenters. The number of carbonyl (C=O) groups excluding carboxylic acids is 1. The van der Waals surface area contributed by atoms with E-state index in [9.17, 15) is 23.7 Å². The first-order valence-electron chi connectivity index (χ1n) is 5.44. The van der Waals surface area contributed by atoms with Crippen molar-refractivity contribution in [1.29, 1.82) is 0 Å². The summed E-state index contributed by atoms with van der Waals surface area (Å²) < 4.78 is 26.5. The minimum atomic E-state index is -1.31. The number of nitrogens with zero attached hydrogens (tertiary/aromatic N) is 1. The van der Waals surface area contributed by atoms with Gasteiger partial charge < -0.3 is 11.1 Å². The van der Waals surface area contributed by atoms with E-state index in [0.29, 0.717) is 12.1 Å². The smallest absolute Gasteiger partial charge is 0.307 e. The molecule has 0 radical (unpaired) electrons. The van der Waals surface area contributed by atoms with Crippen LogP contribution in [0.15, 0.2) is 12.1 Å². The Morgan fingerprint density at radius 3 is 2.42 bits per heavy atom. The zero-order valence-electron chi connectivity index (χ0n) is 10.3. The summed E-state index contributed by atoms with van der Waals surface area (Å²) in [5.41, 5.74) is 4.14. The van der Waals surface area contributed by atoms with Crippen LogP contribution in [0, 0.1) is 27.7 Å². The van der Waals surface area contributed by atoms with Crippen LogP contribution in [0.5, 0.6) is 0 Å². The molecule has 0 aromatic heterocycles. The molecule has 0 aliphatic heterocycles. The van der Waals surface area contributed by atoms with Crippen LogP contribution in [-0.2, 0) is 4.79 Å². The summed E-state index contributed by atoms with van der Waals surface area (Å²) in [6, 6.07) is 0.0630. The van der Waals surface area contributed by atoms with Crippen LogP contribution in [0.1, 0.15) is 13.8 Å². The Bertz CT molecular complexity index is 520. The van der Waals surface area contributed by atoms with Gasteiger partial charge in [-0.2, -0.15) is 4.39 Å². The van der Waals surface area contributed by atoms with Gasteiger partial charge in [-0.25, -0.2) is 4.39 Å². The number of nitrogens with one attached hydrogen (secondary N) is 1. The lowest BCUT2D eigenvalue weighted by Gasteiger charge is -2.15. The summed E-state index contributed by atoms with van der Waals surface area (Å²) in [5.74, 6) is -3.31. The maximum absolute atomic E-state index is 13.4. The van der Waals surface area contributed by atoms with Gasteiger partial charge in [-0.15, -0.1) is 0 Å². The van der Waals surface area contributed by atoms with Crippen LogP contribution in [0.2, 0.25) is 0 Å². The molecule has 1 aromatic carbocycles. The number of carbonyl (C=O) groups is 1. The van der Waals surface area contributed by atoms with Gasteiger partial charge in [0.2, 0.25) is 11.7 Å². The van der Waals surface area contributed by atoms with Gasteiger partial charge in [0.05, 0.1) is 16.7 Å². The Labute approximate surface area is 107 Å². The molecule has 0 fully saturated rings. The lowest BCUT2D eigenvalue weighted by atomic mass is 10.0. The lowest BCUT2D eigenvalue weighted by molar-refractivity contribution is -0.387. The van der Waals surface area contributed by atoms with Crippen molar-refractivity contribution >= 4 is 17.3 Å². The molecular formula is C11H13F2N3O3. The Morgan fingerprint density at radius 1 is 1.37 bits per heavy atom. The number of nitro groups is 1. The standard InChI is InChI=1S/C11H13F2N3O3/c1-5(2)10(14)11(17)15-8-4-9(16(18)19)7(13)3-6(8)12/h3-5,10H,14H2,1-2H3,(H,15,17)/t10-/m1/s1. The molecule has 0 spiro atoms. The van der Waals surface area contributed by atoms with Crippen molar-refractivity contribution in [3.05, 3.63) is 33.9 Å². The number of anilines is 1. The predicted molar refractivity (Wildman–Crippen MR) is 64.5 cm³/mol. The van der Waals surface area contributed by atoms with Crippen molar-refractivity contribution in [3.63, 3.8) is 0 Å². The van der Waals surface area contributed by atoms with Crippen molar-refractivity contribution in [2.45, 2.75) is 19.9 Å². The third-order valence-electron chi connectivity index (χ3n) is 2.51. The molecule has 0 aliphatic carbocycles. The molecule has 0 saturated carbocycles. The minimum absolute atomic E-state index is 0.196. The molecule has 0 unspecified atom stereocenters. The fourth-order valence-electron chi connectivity index (χ4n) is 1.29. The number of hydrogen-bond acceptors (Lipinski definition) is 4. The van der Waals surface area contributed by atoms with Gasteiger partial charge in [0.15, 0.2) is 0 Å². The molecule has 3 N–H and O–H groups in total. The van der Waals surface area contributed by atoms with Crippen LogP contribution < -0.4 is 11.1 Å². The van der Waals surface area contributed by atoms with Crippen LogP contribution in [-0.4, -0.2) is 16.9 Å². The number of hydrogen-bond donors (Lipinski definition) is 2. The second-order valence-corrected chi connectivity index (χ2v) is 4.30. The third-order valence-corrected chi connectivity index (χ3v) is 2.51. The van der Waals surface area contributed by atoms with E-state index in [2.05, 4.69) is 5.32 Å². The number of nitrogens with two attached hydrogens (primary N) is 1. The highest BCUT2D eigenvalue weighted by molar-refractivity contribution is 5.95. The highest BCUT2D eigenvalue weighted by Crippen LogP contribution is 2.25. The first-order chi connectivity index (χ1) is 8.73.